The lowest BCUT2D eigenvalue weighted by Crippen LogP contribution is -2.48. The van der Waals surface area contributed by atoms with E-state index in [1.54, 1.807) is 7.11 Å². The third-order valence-electron chi connectivity index (χ3n) is 3.54. The highest BCUT2D eigenvalue weighted by atomic mass is 127. The number of hydrogen-bond acceptors (Lipinski definition) is 4. The number of hydrogen-bond donors (Lipinski definition) is 2. The maximum absolute atomic E-state index is 5.92. The molecule has 1 fully saturated rings. The third kappa shape index (κ3) is 8.18. The number of guanidine groups is 1. The molecule has 1 saturated heterocycles. The molecule has 0 aromatic heterocycles. The Morgan fingerprint density at radius 1 is 1.33 bits per heavy atom. The quantitative estimate of drug-likeness (QED) is 0.368. The Bertz CT molecular complexity index is 297. The summed E-state index contributed by atoms with van der Waals surface area (Å²) in [6.45, 7) is 11.4. The van der Waals surface area contributed by atoms with Gasteiger partial charge in [-0.2, -0.15) is 0 Å². The van der Waals surface area contributed by atoms with E-state index in [-0.39, 0.29) is 30.0 Å². The van der Waals surface area contributed by atoms with Crippen molar-refractivity contribution in [3.05, 3.63) is 0 Å². The molecule has 0 aromatic carbocycles. The normalized spacial score (nSPS) is 20.0. The lowest BCUT2D eigenvalue weighted by Gasteiger charge is -2.36. The number of morpholine rings is 1. The molecule has 6 nitrogen and oxygen atoms in total. The highest BCUT2D eigenvalue weighted by molar-refractivity contribution is 14.0. The van der Waals surface area contributed by atoms with Gasteiger partial charge in [-0.3, -0.25) is 9.89 Å². The summed E-state index contributed by atoms with van der Waals surface area (Å²) in [5, 5.41) is 3.14. The molecule has 2 unspecified atom stereocenters. The minimum atomic E-state index is 0. The fourth-order valence-electron chi connectivity index (χ4n) is 2.44. The van der Waals surface area contributed by atoms with Gasteiger partial charge < -0.3 is 20.5 Å². The monoisotopic (exact) mass is 414 g/mol. The highest BCUT2D eigenvalue weighted by Gasteiger charge is 2.23. The molecule has 1 aliphatic rings. The molecule has 21 heavy (non-hydrogen) atoms. The number of nitrogens with two attached hydrogens (primary N) is 1. The van der Waals surface area contributed by atoms with Crippen LogP contribution in [0, 0.1) is 5.92 Å². The Kier molecular flexibility index (Phi) is 11.4. The minimum absolute atomic E-state index is 0. The lowest BCUT2D eigenvalue weighted by atomic mass is 10.0. The number of nitrogens with one attached hydrogen (secondary N) is 1. The van der Waals surface area contributed by atoms with Gasteiger partial charge in [0.15, 0.2) is 5.96 Å². The van der Waals surface area contributed by atoms with E-state index in [1.807, 2.05) is 6.92 Å². The second kappa shape index (κ2) is 11.4. The van der Waals surface area contributed by atoms with Crippen molar-refractivity contribution in [3.63, 3.8) is 0 Å². The number of aliphatic imine (C=N–C) groups is 1. The molecular weight excluding hydrogens is 383 g/mol. The van der Waals surface area contributed by atoms with Gasteiger partial charge >= 0.3 is 0 Å². The average molecular weight is 414 g/mol. The van der Waals surface area contributed by atoms with Crippen molar-refractivity contribution in [2.45, 2.75) is 32.9 Å². The van der Waals surface area contributed by atoms with E-state index < -0.39 is 0 Å². The summed E-state index contributed by atoms with van der Waals surface area (Å²) >= 11 is 0. The molecule has 0 saturated carbocycles. The third-order valence-corrected chi connectivity index (χ3v) is 3.54. The van der Waals surface area contributed by atoms with Gasteiger partial charge in [-0.1, -0.05) is 13.8 Å². The molecule has 0 amide bonds. The maximum Gasteiger partial charge on any atom is 0.188 e. The molecule has 0 bridgehead atoms. The summed E-state index contributed by atoms with van der Waals surface area (Å²) in [5.74, 6) is 1.04. The van der Waals surface area contributed by atoms with Gasteiger partial charge in [0.2, 0.25) is 0 Å². The van der Waals surface area contributed by atoms with Crippen LogP contribution < -0.4 is 11.1 Å². The Labute approximate surface area is 145 Å². The first kappa shape index (κ1) is 20.9. The van der Waals surface area contributed by atoms with E-state index in [1.165, 1.54) is 0 Å². The van der Waals surface area contributed by atoms with Crippen molar-refractivity contribution >= 4 is 29.9 Å². The zero-order chi connectivity index (χ0) is 15.0. The van der Waals surface area contributed by atoms with Crippen molar-refractivity contribution in [3.8, 4) is 0 Å². The highest BCUT2D eigenvalue weighted by Crippen LogP contribution is 2.13. The van der Waals surface area contributed by atoms with Gasteiger partial charge in [0.25, 0.3) is 0 Å². The van der Waals surface area contributed by atoms with E-state index in [0.29, 0.717) is 24.5 Å². The molecular formula is C14H31IN4O2. The molecule has 7 heteroatoms. The average Bonchev–Trinajstić information content (AvgIpc) is 2.40. The van der Waals surface area contributed by atoms with E-state index >= 15 is 0 Å². The van der Waals surface area contributed by atoms with Gasteiger partial charge in [-0.05, 0) is 12.8 Å². The second-order valence-electron chi connectivity index (χ2n) is 5.69. The van der Waals surface area contributed by atoms with Crippen molar-refractivity contribution < 1.29 is 9.47 Å². The minimum Gasteiger partial charge on any atom is -0.383 e. The van der Waals surface area contributed by atoms with Crippen LogP contribution in [0.2, 0.25) is 0 Å². The first-order chi connectivity index (χ1) is 9.54. The summed E-state index contributed by atoms with van der Waals surface area (Å²) in [6, 6.07) is 0.585. The van der Waals surface area contributed by atoms with Crippen LogP contribution >= 0.6 is 24.0 Å². The van der Waals surface area contributed by atoms with Crippen LogP contribution in [0.4, 0.5) is 0 Å². The topological polar surface area (TPSA) is 72.1 Å². The molecule has 0 aromatic rings. The number of ether oxygens (including phenoxy) is 2. The fourth-order valence-corrected chi connectivity index (χ4v) is 2.44. The van der Waals surface area contributed by atoms with Crippen LogP contribution in [0.3, 0.4) is 0 Å². The van der Waals surface area contributed by atoms with Crippen molar-refractivity contribution in [1.29, 1.82) is 0 Å². The van der Waals surface area contributed by atoms with Gasteiger partial charge in [0.1, 0.15) is 0 Å². The molecule has 2 atom stereocenters. The molecule has 1 heterocycles. The number of halogens is 1. The van der Waals surface area contributed by atoms with Crippen LogP contribution in [-0.4, -0.2) is 69.5 Å². The largest absolute Gasteiger partial charge is 0.383 e. The Morgan fingerprint density at radius 2 is 1.95 bits per heavy atom. The molecule has 3 N–H and O–H groups in total. The molecule has 1 rings (SSSR count). The maximum atomic E-state index is 5.92. The zero-order valence-electron chi connectivity index (χ0n) is 13.7. The Balaban J connectivity index is 0.00000400. The van der Waals surface area contributed by atoms with E-state index in [0.717, 1.165) is 32.8 Å². The zero-order valence-corrected chi connectivity index (χ0v) is 16.0. The summed E-state index contributed by atoms with van der Waals surface area (Å²) in [7, 11) is 1.68. The standard InChI is InChI=1S/C14H30N4O2.HI/c1-11(2)13(18-5-7-20-8-6-18)9-16-14(15)17-12(3)10-19-4;/h11-13H,5-10H2,1-4H3,(H3,15,16,17);1H. The van der Waals surface area contributed by atoms with E-state index in [9.17, 15) is 0 Å². The Hall–Kier alpha value is -0.120. The number of nitrogens with zero attached hydrogens (tertiary/aromatic N) is 2. The lowest BCUT2D eigenvalue weighted by molar-refractivity contribution is 0.00868. The smallest absolute Gasteiger partial charge is 0.188 e. The summed E-state index contributed by atoms with van der Waals surface area (Å²) in [5.41, 5.74) is 5.92. The SMILES string of the molecule is COCC(C)NC(N)=NCC(C(C)C)N1CCOCC1.I. The number of rotatable bonds is 7. The molecule has 1 aliphatic heterocycles. The molecule has 0 aliphatic carbocycles. The van der Waals surface area contributed by atoms with Gasteiger partial charge in [-0.15, -0.1) is 24.0 Å². The second-order valence-corrected chi connectivity index (χ2v) is 5.69. The van der Waals surface area contributed by atoms with E-state index in [2.05, 4.69) is 29.1 Å². The summed E-state index contributed by atoms with van der Waals surface area (Å²) in [6.07, 6.45) is 0. The van der Waals surface area contributed by atoms with Gasteiger partial charge in [0, 0.05) is 32.3 Å². The van der Waals surface area contributed by atoms with Gasteiger partial charge in [0.05, 0.1) is 26.4 Å². The summed E-state index contributed by atoms with van der Waals surface area (Å²) in [4.78, 5) is 6.94. The predicted octanol–water partition coefficient (Wildman–Crippen LogP) is 0.900. The predicted molar refractivity (Wildman–Crippen MR) is 97.4 cm³/mol. The van der Waals surface area contributed by atoms with Crippen LogP contribution in [0.15, 0.2) is 4.99 Å². The van der Waals surface area contributed by atoms with Crippen LogP contribution in [0.5, 0.6) is 0 Å². The van der Waals surface area contributed by atoms with Crippen molar-refractivity contribution in [2.24, 2.45) is 16.6 Å². The van der Waals surface area contributed by atoms with Crippen LogP contribution in [0.25, 0.3) is 0 Å². The van der Waals surface area contributed by atoms with E-state index in [4.69, 9.17) is 15.2 Å². The van der Waals surface area contributed by atoms with Crippen molar-refractivity contribution in [2.75, 3.05) is 46.6 Å². The number of methoxy groups -OCH3 is 1. The summed E-state index contributed by atoms with van der Waals surface area (Å²) < 4.78 is 10.5. The fraction of sp³-hybridized carbons (Fsp3) is 0.929. The molecule has 0 spiro atoms. The van der Waals surface area contributed by atoms with Crippen LogP contribution in [-0.2, 0) is 9.47 Å². The van der Waals surface area contributed by atoms with Gasteiger partial charge in [-0.25, -0.2) is 0 Å². The molecule has 0 radical (unpaired) electrons. The van der Waals surface area contributed by atoms with Crippen molar-refractivity contribution in [1.82, 2.24) is 10.2 Å². The molecule has 126 valence electrons. The first-order valence-electron chi connectivity index (χ1n) is 7.41. The first-order valence-corrected chi connectivity index (χ1v) is 7.41. The van der Waals surface area contributed by atoms with Crippen LogP contribution in [0.1, 0.15) is 20.8 Å². The Morgan fingerprint density at radius 3 is 2.48 bits per heavy atom.